The summed E-state index contributed by atoms with van der Waals surface area (Å²) in [5.74, 6) is 0. The third kappa shape index (κ3) is 12.6. The fourth-order valence-electron chi connectivity index (χ4n) is 2.13. The highest BCUT2D eigenvalue weighted by atomic mass is 15.1. The maximum Gasteiger partial charge on any atom is 0.00385 e. The third-order valence-corrected chi connectivity index (χ3v) is 3.33. The van der Waals surface area contributed by atoms with Crippen LogP contribution in [0, 0.1) is 0 Å². The van der Waals surface area contributed by atoms with Crippen LogP contribution < -0.4 is 10.6 Å². The fraction of sp³-hybridized carbons (Fsp3) is 1.00. The maximum absolute atomic E-state index is 3.49. The van der Waals surface area contributed by atoms with Crippen molar-refractivity contribution < 1.29 is 0 Å². The topological polar surface area (TPSA) is 27.3 Å². The number of nitrogens with zero attached hydrogens (tertiary/aromatic N) is 1. The molecule has 0 aliphatic carbocycles. The molecule has 0 bridgehead atoms. The Labute approximate surface area is 121 Å². The molecule has 2 N–H and O–H groups in total. The Bertz CT molecular complexity index is 190. The lowest BCUT2D eigenvalue weighted by Crippen LogP contribution is -2.35. The molecular formula is C16H37N3. The van der Waals surface area contributed by atoms with Gasteiger partial charge in [0, 0.05) is 18.1 Å². The predicted octanol–water partition coefficient (Wildman–Crippen LogP) is 2.86. The quantitative estimate of drug-likeness (QED) is 0.535. The van der Waals surface area contributed by atoms with Gasteiger partial charge in [-0.15, -0.1) is 0 Å². The Morgan fingerprint density at radius 3 is 1.63 bits per heavy atom. The Kier molecular flexibility index (Phi) is 11.6. The molecule has 0 atom stereocenters. The van der Waals surface area contributed by atoms with E-state index in [4.69, 9.17) is 0 Å². The number of hydrogen-bond donors (Lipinski definition) is 2. The predicted molar refractivity (Wildman–Crippen MR) is 86.8 cm³/mol. The van der Waals surface area contributed by atoms with Gasteiger partial charge in [-0.3, -0.25) is 0 Å². The van der Waals surface area contributed by atoms with E-state index in [0.717, 1.165) is 13.1 Å². The summed E-state index contributed by atoms with van der Waals surface area (Å²) >= 11 is 0. The van der Waals surface area contributed by atoms with Crippen LogP contribution in [0.15, 0.2) is 0 Å². The van der Waals surface area contributed by atoms with Gasteiger partial charge in [0.15, 0.2) is 0 Å². The van der Waals surface area contributed by atoms with Gasteiger partial charge in [0.2, 0.25) is 0 Å². The van der Waals surface area contributed by atoms with E-state index in [9.17, 15) is 0 Å². The molecule has 0 rings (SSSR count). The van der Waals surface area contributed by atoms with Gasteiger partial charge in [0.1, 0.15) is 0 Å². The van der Waals surface area contributed by atoms with Crippen molar-refractivity contribution in [2.75, 3.05) is 26.2 Å². The first-order valence-electron chi connectivity index (χ1n) is 8.14. The Morgan fingerprint density at radius 1 is 0.684 bits per heavy atom. The van der Waals surface area contributed by atoms with Gasteiger partial charge < -0.3 is 15.5 Å². The number of nitrogens with one attached hydrogen (secondary N) is 2. The van der Waals surface area contributed by atoms with Crippen LogP contribution in [0.4, 0.5) is 0 Å². The molecule has 0 amide bonds. The highest BCUT2D eigenvalue weighted by molar-refractivity contribution is 4.65. The van der Waals surface area contributed by atoms with E-state index in [1.807, 2.05) is 0 Å². The van der Waals surface area contributed by atoms with Crippen LogP contribution in [0.1, 0.15) is 60.8 Å². The Balaban J connectivity index is 3.63. The highest BCUT2D eigenvalue weighted by Crippen LogP contribution is 2.03. The summed E-state index contributed by atoms with van der Waals surface area (Å²) in [4.78, 5) is 2.61. The van der Waals surface area contributed by atoms with Gasteiger partial charge >= 0.3 is 0 Å². The summed E-state index contributed by atoms with van der Waals surface area (Å²) < 4.78 is 0. The number of hydrogen-bond acceptors (Lipinski definition) is 3. The van der Waals surface area contributed by atoms with Crippen LogP contribution in [-0.2, 0) is 0 Å². The molecule has 0 saturated heterocycles. The molecular weight excluding hydrogens is 234 g/mol. The SMILES string of the molecule is CC(C)NCCCCN(CCCNC(C)C)C(C)C. The maximum atomic E-state index is 3.49. The summed E-state index contributed by atoms with van der Waals surface area (Å²) in [6, 6.07) is 1.88. The van der Waals surface area contributed by atoms with Crippen LogP contribution in [-0.4, -0.2) is 49.2 Å². The van der Waals surface area contributed by atoms with Crippen molar-refractivity contribution in [3.63, 3.8) is 0 Å². The van der Waals surface area contributed by atoms with Gasteiger partial charge in [0.25, 0.3) is 0 Å². The smallest absolute Gasteiger partial charge is 0.00385 e. The summed E-state index contributed by atoms with van der Waals surface area (Å²) in [5, 5.41) is 6.98. The number of rotatable bonds is 12. The lowest BCUT2D eigenvalue weighted by atomic mass is 10.2. The van der Waals surface area contributed by atoms with E-state index in [2.05, 4.69) is 57.1 Å². The molecule has 3 heteroatoms. The molecule has 0 aliphatic rings. The molecule has 0 spiro atoms. The van der Waals surface area contributed by atoms with E-state index in [0.29, 0.717) is 18.1 Å². The molecule has 116 valence electrons. The average Bonchev–Trinajstić information content (AvgIpc) is 2.30. The van der Waals surface area contributed by atoms with Crippen molar-refractivity contribution in [1.29, 1.82) is 0 Å². The Morgan fingerprint density at radius 2 is 1.16 bits per heavy atom. The Hall–Kier alpha value is -0.120. The van der Waals surface area contributed by atoms with Gasteiger partial charge in [-0.25, -0.2) is 0 Å². The zero-order valence-electron chi connectivity index (χ0n) is 14.1. The van der Waals surface area contributed by atoms with E-state index in [-0.39, 0.29) is 0 Å². The molecule has 0 unspecified atom stereocenters. The van der Waals surface area contributed by atoms with Crippen molar-refractivity contribution in [1.82, 2.24) is 15.5 Å². The lowest BCUT2D eigenvalue weighted by molar-refractivity contribution is 0.213. The molecule has 0 fully saturated rings. The summed E-state index contributed by atoms with van der Waals surface area (Å²) in [6.45, 7) is 18.2. The van der Waals surface area contributed by atoms with E-state index in [1.165, 1.54) is 32.4 Å². The van der Waals surface area contributed by atoms with Crippen LogP contribution in [0.5, 0.6) is 0 Å². The molecule has 0 aromatic carbocycles. The molecule has 0 heterocycles. The van der Waals surface area contributed by atoms with Crippen molar-refractivity contribution >= 4 is 0 Å². The molecule has 0 saturated carbocycles. The van der Waals surface area contributed by atoms with Crippen LogP contribution in [0.2, 0.25) is 0 Å². The first-order valence-corrected chi connectivity index (χ1v) is 8.14. The van der Waals surface area contributed by atoms with Crippen molar-refractivity contribution in [2.45, 2.75) is 78.9 Å². The fourth-order valence-corrected chi connectivity index (χ4v) is 2.13. The minimum absolute atomic E-state index is 0.606. The highest BCUT2D eigenvalue weighted by Gasteiger charge is 2.08. The second-order valence-electron chi connectivity index (χ2n) is 6.41. The van der Waals surface area contributed by atoms with Crippen molar-refractivity contribution in [2.24, 2.45) is 0 Å². The molecule has 19 heavy (non-hydrogen) atoms. The molecule has 3 nitrogen and oxygen atoms in total. The molecule has 0 radical (unpaired) electrons. The average molecular weight is 271 g/mol. The van der Waals surface area contributed by atoms with E-state index in [1.54, 1.807) is 0 Å². The second-order valence-corrected chi connectivity index (χ2v) is 6.41. The largest absolute Gasteiger partial charge is 0.315 e. The zero-order chi connectivity index (χ0) is 14.7. The standard InChI is InChI=1S/C16H37N3/c1-14(2)17-10-7-8-12-19(16(5)6)13-9-11-18-15(3)4/h14-18H,7-13H2,1-6H3. The molecule has 0 aromatic rings. The second kappa shape index (κ2) is 11.7. The van der Waals surface area contributed by atoms with Crippen LogP contribution in [0.25, 0.3) is 0 Å². The number of unbranched alkanes of at least 4 members (excludes halogenated alkanes) is 1. The van der Waals surface area contributed by atoms with Crippen molar-refractivity contribution in [3.05, 3.63) is 0 Å². The van der Waals surface area contributed by atoms with Gasteiger partial charge in [-0.05, 0) is 59.3 Å². The minimum Gasteiger partial charge on any atom is -0.315 e. The van der Waals surface area contributed by atoms with Gasteiger partial charge in [-0.2, -0.15) is 0 Å². The minimum atomic E-state index is 0.606. The normalized spacial score (nSPS) is 12.3. The summed E-state index contributed by atoms with van der Waals surface area (Å²) in [7, 11) is 0. The first kappa shape index (κ1) is 18.9. The third-order valence-electron chi connectivity index (χ3n) is 3.33. The monoisotopic (exact) mass is 271 g/mol. The van der Waals surface area contributed by atoms with E-state index >= 15 is 0 Å². The van der Waals surface area contributed by atoms with Gasteiger partial charge in [0.05, 0.1) is 0 Å². The van der Waals surface area contributed by atoms with E-state index < -0.39 is 0 Å². The van der Waals surface area contributed by atoms with Crippen molar-refractivity contribution in [3.8, 4) is 0 Å². The molecule has 0 aromatic heterocycles. The summed E-state index contributed by atoms with van der Waals surface area (Å²) in [5.41, 5.74) is 0. The zero-order valence-corrected chi connectivity index (χ0v) is 14.1. The van der Waals surface area contributed by atoms with Gasteiger partial charge in [-0.1, -0.05) is 27.7 Å². The van der Waals surface area contributed by atoms with Crippen LogP contribution >= 0.6 is 0 Å². The summed E-state index contributed by atoms with van der Waals surface area (Å²) in [6.07, 6.45) is 3.84. The first-order chi connectivity index (χ1) is 8.93. The molecule has 0 aliphatic heterocycles. The van der Waals surface area contributed by atoms with Crippen LogP contribution in [0.3, 0.4) is 0 Å². The lowest BCUT2D eigenvalue weighted by Gasteiger charge is -2.26.